The molecule has 1 aromatic carbocycles. The molecule has 0 spiro atoms. The zero-order valence-corrected chi connectivity index (χ0v) is 9.93. The lowest BCUT2D eigenvalue weighted by Crippen LogP contribution is -2.26. The van der Waals surface area contributed by atoms with E-state index in [1.807, 2.05) is 6.92 Å². The second-order valence-corrected chi connectivity index (χ2v) is 3.99. The topological polar surface area (TPSA) is 42.0 Å². The van der Waals surface area contributed by atoms with Gasteiger partial charge >= 0.3 is 0 Å². The zero-order chi connectivity index (χ0) is 13.0. The van der Waals surface area contributed by atoms with Gasteiger partial charge in [-0.2, -0.15) is 0 Å². The number of hydrogen-bond acceptors (Lipinski definition) is 2. The normalized spacial score (nSPS) is 11.9. The Hall–Kier alpha value is -2.23. The van der Waals surface area contributed by atoms with Crippen molar-refractivity contribution >= 4 is 5.91 Å². The molecule has 0 fully saturated rings. The summed E-state index contributed by atoms with van der Waals surface area (Å²) in [5.74, 6) is -0.482. The SMILES string of the molecule is C[C@@H](NC(=O)c1cccnc1)c1ccc(F)cc1. The summed E-state index contributed by atoms with van der Waals surface area (Å²) in [7, 11) is 0. The third-order valence-electron chi connectivity index (χ3n) is 2.64. The minimum atomic E-state index is -0.287. The first-order chi connectivity index (χ1) is 8.66. The highest BCUT2D eigenvalue weighted by Gasteiger charge is 2.11. The first-order valence-electron chi connectivity index (χ1n) is 5.63. The van der Waals surface area contributed by atoms with E-state index in [1.165, 1.54) is 18.3 Å². The number of hydrogen-bond donors (Lipinski definition) is 1. The molecule has 1 heterocycles. The molecular formula is C14H13FN2O. The van der Waals surface area contributed by atoms with Gasteiger partial charge in [-0.1, -0.05) is 12.1 Å². The minimum Gasteiger partial charge on any atom is -0.345 e. The van der Waals surface area contributed by atoms with Gasteiger partial charge in [0.05, 0.1) is 11.6 Å². The van der Waals surface area contributed by atoms with Crippen LogP contribution in [0.1, 0.15) is 28.9 Å². The lowest BCUT2D eigenvalue weighted by molar-refractivity contribution is 0.0939. The summed E-state index contributed by atoms with van der Waals surface area (Å²) in [6, 6.07) is 9.28. The van der Waals surface area contributed by atoms with Crippen LogP contribution in [0.3, 0.4) is 0 Å². The molecule has 2 aromatic rings. The van der Waals surface area contributed by atoms with E-state index >= 15 is 0 Å². The van der Waals surface area contributed by atoms with Crippen molar-refractivity contribution in [1.29, 1.82) is 0 Å². The molecule has 1 N–H and O–H groups in total. The lowest BCUT2D eigenvalue weighted by atomic mass is 10.1. The molecular weight excluding hydrogens is 231 g/mol. The van der Waals surface area contributed by atoms with E-state index < -0.39 is 0 Å². The van der Waals surface area contributed by atoms with E-state index in [0.717, 1.165) is 5.56 Å². The molecule has 0 unspecified atom stereocenters. The summed E-state index contributed by atoms with van der Waals surface area (Å²) >= 11 is 0. The molecule has 3 nitrogen and oxygen atoms in total. The molecule has 4 heteroatoms. The number of carbonyl (C=O) groups is 1. The number of pyridine rings is 1. The van der Waals surface area contributed by atoms with Gasteiger partial charge in [0.1, 0.15) is 5.82 Å². The average Bonchev–Trinajstić information content (AvgIpc) is 2.40. The number of nitrogens with one attached hydrogen (secondary N) is 1. The summed E-state index contributed by atoms with van der Waals surface area (Å²) in [6.07, 6.45) is 3.12. The summed E-state index contributed by atoms with van der Waals surface area (Å²) in [4.78, 5) is 15.8. The Morgan fingerprint density at radius 3 is 2.61 bits per heavy atom. The van der Waals surface area contributed by atoms with Gasteiger partial charge in [0.25, 0.3) is 5.91 Å². The highest BCUT2D eigenvalue weighted by molar-refractivity contribution is 5.94. The monoisotopic (exact) mass is 244 g/mol. The summed E-state index contributed by atoms with van der Waals surface area (Å²) in [5, 5.41) is 2.83. The first kappa shape index (κ1) is 12.2. The number of amides is 1. The molecule has 92 valence electrons. The molecule has 1 atom stereocenters. The predicted molar refractivity (Wildman–Crippen MR) is 66.5 cm³/mol. The number of halogens is 1. The molecule has 18 heavy (non-hydrogen) atoms. The van der Waals surface area contributed by atoms with E-state index in [-0.39, 0.29) is 17.8 Å². The molecule has 1 amide bonds. The Morgan fingerprint density at radius 2 is 2.00 bits per heavy atom. The van der Waals surface area contributed by atoms with Crippen LogP contribution in [0.15, 0.2) is 48.8 Å². The Balaban J connectivity index is 2.06. The number of carbonyl (C=O) groups excluding carboxylic acids is 1. The van der Waals surface area contributed by atoms with Crippen LogP contribution in [-0.4, -0.2) is 10.9 Å². The molecule has 0 radical (unpaired) electrons. The summed E-state index contributed by atoms with van der Waals surface area (Å²) in [6.45, 7) is 1.85. The van der Waals surface area contributed by atoms with Crippen LogP contribution >= 0.6 is 0 Å². The number of nitrogens with zero attached hydrogens (tertiary/aromatic N) is 1. The largest absolute Gasteiger partial charge is 0.345 e. The molecule has 0 bridgehead atoms. The predicted octanol–water partition coefficient (Wildman–Crippen LogP) is 2.71. The van der Waals surface area contributed by atoms with Crippen molar-refractivity contribution in [3.63, 3.8) is 0 Å². The molecule has 0 saturated heterocycles. The van der Waals surface area contributed by atoms with Gasteiger partial charge in [0, 0.05) is 12.4 Å². The van der Waals surface area contributed by atoms with Gasteiger partial charge in [-0.05, 0) is 36.8 Å². The lowest BCUT2D eigenvalue weighted by Gasteiger charge is -2.14. The second-order valence-electron chi connectivity index (χ2n) is 3.99. The van der Waals surface area contributed by atoms with Crippen LogP contribution < -0.4 is 5.32 Å². The average molecular weight is 244 g/mol. The molecule has 1 aromatic heterocycles. The quantitative estimate of drug-likeness (QED) is 0.902. The highest BCUT2D eigenvalue weighted by Crippen LogP contribution is 2.13. The third kappa shape index (κ3) is 2.91. The van der Waals surface area contributed by atoms with Crippen molar-refractivity contribution in [3.8, 4) is 0 Å². The summed E-state index contributed by atoms with van der Waals surface area (Å²) in [5.41, 5.74) is 1.36. The molecule has 0 aliphatic heterocycles. The smallest absolute Gasteiger partial charge is 0.253 e. The van der Waals surface area contributed by atoms with Crippen molar-refractivity contribution in [1.82, 2.24) is 10.3 Å². The highest BCUT2D eigenvalue weighted by atomic mass is 19.1. The van der Waals surface area contributed by atoms with Gasteiger partial charge in [-0.3, -0.25) is 9.78 Å². The van der Waals surface area contributed by atoms with Gasteiger partial charge in [-0.15, -0.1) is 0 Å². The van der Waals surface area contributed by atoms with E-state index in [2.05, 4.69) is 10.3 Å². The van der Waals surface area contributed by atoms with Crippen molar-refractivity contribution < 1.29 is 9.18 Å². The van der Waals surface area contributed by atoms with E-state index in [9.17, 15) is 9.18 Å². The number of aromatic nitrogens is 1. The van der Waals surface area contributed by atoms with Crippen LogP contribution in [-0.2, 0) is 0 Å². The third-order valence-corrected chi connectivity index (χ3v) is 2.64. The van der Waals surface area contributed by atoms with Crippen molar-refractivity contribution in [2.75, 3.05) is 0 Å². The minimum absolute atomic E-state index is 0.182. The Bertz CT molecular complexity index is 525. The number of rotatable bonds is 3. The molecule has 2 rings (SSSR count). The fraction of sp³-hybridized carbons (Fsp3) is 0.143. The Morgan fingerprint density at radius 1 is 1.28 bits per heavy atom. The van der Waals surface area contributed by atoms with Crippen molar-refractivity contribution in [2.24, 2.45) is 0 Å². The van der Waals surface area contributed by atoms with E-state index in [1.54, 1.807) is 30.5 Å². The number of benzene rings is 1. The van der Waals surface area contributed by atoms with Crippen LogP contribution in [0, 0.1) is 5.82 Å². The van der Waals surface area contributed by atoms with Crippen molar-refractivity contribution in [3.05, 3.63) is 65.7 Å². The van der Waals surface area contributed by atoms with Crippen LogP contribution in [0.25, 0.3) is 0 Å². The van der Waals surface area contributed by atoms with Crippen LogP contribution in [0.4, 0.5) is 4.39 Å². The molecule has 0 saturated carbocycles. The Labute approximate surface area is 105 Å². The van der Waals surface area contributed by atoms with Crippen LogP contribution in [0.5, 0.6) is 0 Å². The fourth-order valence-electron chi connectivity index (χ4n) is 1.61. The van der Waals surface area contributed by atoms with Crippen molar-refractivity contribution in [2.45, 2.75) is 13.0 Å². The second kappa shape index (κ2) is 5.40. The molecule has 0 aliphatic rings. The fourth-order valence-corrected chi connectivity index (χ4v) is 1.61. The van der Waals surface area contributed by atoms with E-state index in [0.29, 0.717) is 5.56 Å². The van der Waals surface area contributed by atoms with Gasteiger partial charge in [-0.25, -0.2) is 4.39 Å². The first-order valence-corrected chi connectivity index (χ1v) is 5.63. The Kier molecular flexibility index (Phi) is 3.67. The van der Waals surface area contributed by atoms with E-state index in [4.69, 9.17) is 0 Å². The van der Waals surface area contributed by atoms with Gasteiger partial charge in [0.2, 0.25) is 0 Å². The standard InChI is InChI=1S/C14H13FN2O/c1-10(11-4-6-13(15)7-5-11)17-14(18)12-3-2-8-16-9-12/h2-10H,1H3,(H,17,18)/t10-/m1/s1. The summed E-state index contributed by atoms with van der Waals surface area (Å²) < 4.78 is 12.8. The molecule has 0 aliphatic carbocycles. The maximum absolute atomic E-state index is 12.8. The maximum atomic E-state index is 12.8. The maximum Gasteiger partial charge on any atom is 0.253 e. The zero-order valence-electron chi connectivity index (χ0n) is 9.93. The van der Waals surface area contributed by atoms with Gasteiger partial charge < -0.3 is 5.32 Å². The van der Waals surface area contributed by atoms with Gasteiger partial charge in [0.15, 0.2) is 0 Å². The van der Waals surface area contributed by atoms with Crippen LogP contribution in [0.2, 0.25) is 0 Å².